The highest BCUT2D eigenvalue weighted by Gasteiger charge is 2.47. The molecule has 0 radical (unpaired) electrons. The Hall–Kier alpha value is -1.72. The maximum Gasteiger partial charge on any atom is 0.278 e. The lowest BCUT2D eigenvalue weighted by Gasteiger charge is -2.35. The fourth-order valence-electron chi connectivity index (χ4n) is 2.35. The largest absolute Gasteiger partial charge is 0.480 e. The maximum absolute atomic E-state index is 14.4. The number of carbonyl (C=O) groups is 1. The van der Waals surface area contributed by atoms with Crippen molar-refractivity contribution in [1.29, 1.82) is 5.26 Å². The number of ether oxygens (including phenoxy) is 2. The second kappa shape index (κ2) is 6.58. The van der Waals surface area contributed by atoms with Gasteiger partial charge in [-0.3, -0.25) is 4.79 Å². The highest BCUT2D eigenvalue weighted by Crippen LogP contribution is 2.46. The molecule has 0 bridgehead atoms. The molecule has 5 nitrogen and oxygen atoms in total. The Bertz CT molecular complexity index is 619. The van der Waals surface area contributed by atoms with Crippen LogP contribution in [0.5, 0.6) is 5.75 Å². The zero-order valence-corrected chi connectivity index (χ0v) is 13.0. The maximum atomic E-state index is 14.4. The monoisotopic (exact) mass is 374 g/mol. The fraction of sp³-hybridized carbons (Fsp3) is 0.429. The van der Waals surface area contributed by atoms with Crippen LogP contribution in [0.25, 0.3) is 0 Å². The molecule has 2 atom stereocenters. The van der Waals surface area contributed by atoms with Gasteiger partial charge < -0.3 is 15.2 Å². The minimum atomic E-state index is -3.26. The molecule has 0 aliphatic carbocycles. The summed E-state index contributed by atoms with van der Waals surface area (Å²) in [5.41, 5.74) is 5.46. The number of amides is 1. The molecule has 0 saturated heterocycles. The third-order valence-corrected chi connectivity index (χ3v) is 3.85. The third kappa shape index (κ3) is 3.54. The van der Waals surface area contributed by atoms with E-state index in [2.05, 4.69) is 20.7 Å². The number of fused-ring (bicyclic) bond motifs is 1. The molecule has 0 saturated carbocycles. The Morgan fingerprint density at radius 2 is 2.32 bits per heavy atom. The van der Waals surface area contributed by atoms with Gasteiger partial charge >= 0.3 is 0 Å². The van der Waals surface area contributed by atoms with Crippen molar-refractivity contribution in [2.75, 3.05) is 13.2 Å². The molecule has 1 aliphatic heterocycles. The van der Waals surface area contributed by atoms with E-state index in [0.717, 1.165) is 0 Å². The average molecular weight is 375 g/mol. The molecule has 22 heavy (non-hydrogen) atoms. The van der Waals surface area contributed by atoms with Gasteiger partial charge in [-0.05, 0) is 18.2 Å². The summed E-state index contributed by atoms with van der Waals surface area (Å²) in [5, 5.41) is 8.38. The summed E-state index contributed by atoms with van der Waals surface area (Å²) in [7, 11) is 0. The number of nitrogens with zero attached hydrogens (tertiary/aromatic N) is 1. The zero-order chi connectivity index (χ0) is 16.3. The average Bonchev–Trinajstić information content (AvgIpc) is 2.46. The Morgan fingerprint density at radius 1 is 1.59 bits per heavy atom. The summed E-state index contributed by atoms with van der Waals surface area (Å²) >= 11 is 3.23. The van der Waals surface area contributed by atoms with Crippen LogP contribution in [-0.2, 0) is 9.53 Å². The van der Waals surface area contributed by atoms with Crippen molar-refractivity contribution in [2.45, 2.75) is 24.4 Å². The standard InChI is InChI=1S/C14H13BrF2N2O3/c15-8-1-2-11-9(5-8)10(6-12(22-11)13(19)20)14(16,17)7-21-4-3-18/h1-2,5,10,12H,4,6-7H2,(H2,19,20)/t10?,12-/m1/s1. The molecule has 0 spiro atoms. The van der Waals surface area contributed by atoms with E-state index in [1.54, 1.807) is 12.1 Å². The fourth-order valence-corrected chi connectivity index (χ4v) is 2.73. The minimum Gasteiger partial charge on any atom is -0.480 e. The lowest BCUT2D eigenvalue weighted by atomic mass is 9.84. The highest BCUT2D eigenvalue weighted by molar-refractivity contribution is 9.10. The molecule has 1 aromatic carbocycles. The summed E-state index contributed by atoms with van der Waals surface area (Å²) in [4.78, 5) is 11.3. The number of benzene rings is 1. The summed E-state index contributed by atoms with van der Waals surface area (Å²) < 4.78 is 39.5. The van der Waals surface area contributed by atoms with E-state index in [0.29, 0.717) is 4.47 Å². The number of halogens is 3. The first-order valence-electron chi connectivity index (χ1n) is 6.43. The first-order chi connectivity index (χ1) is 10.3. The predicted octanol–water partition coefficient (Wildman–Crippen LogP) is 2.34. The van der Waals surface area contributed by atoms with Crippen molar-refractivity contribution >= 4 is 21.8 Å². The van der Waals surface area contributed by atoms with Crippen molar-refractivity contribution in [3.8, 4) is 11.8 Å². The van der Waals surface area contributed by atoms with Crippen LogP contribution in [0, 0.1) is 11.3 Å². The summed E-state index contributed by atoms with van der Waals surface area (Å²) in [6, 6.07) is 6.30. The summed E-state index contributed by atoms with van der Waals surface area (Å²) in [6.45, 7) is -1.34. The number of carbonyl (C=O) groups excluding carboxylic acids is 1. The van der Waals surface area contributed by atoms with E-state index in [9.17, 15) is 13.6 Å². The van der Waals surface area contributed by atoms with Crippen LogP contribution in [0.1, 0.15) is 17.9 Å². The Balaban J connectivity index is 2.34. The lowest BCUT2D eigenvalue weighted by Crippen LogP contribution is -2.43. The number of hydrogen-bond donors (Lipinski definition) is 1. The molecule has 0 aromatic heterocycles. The van der Waals surface area contributed by atoms with Gasteiger partial charge in [-0.15, -0.1) is 0 Å². The Morgan fingerprint density at radius 3 is 2.95 bits per heavy atom. The van der Waals surface area contributed by atoms with Crippen LogP contribution < -0.4 is 10.5 Å². The van der Waals surface area contributed by atoms with E-state index in [-0.39, 0.29) is 17.7 Å². The highest BCUT2D eigenvalue weighted by atomic mass is 79.9. The topological polar surface area (TPSA) is 85.3 Å². The van der Waals surface area contributed by atoms with Gasteiger partial charge in [0, 0.05) is 16.5 Å². The van der Waals surface area contributed by atoms with Gasteiger partial charge in [-0.25, -0.2) is 8.78 Å². The first kappa shape index (κ1) is 16.6. The molecule has 1 aliphatic rings. The number of alkyl halides is 2. The second-order valence-corrected chi connectivity index (χ2v) is 5.81. The van der Waals surface area contributed by atoms with Crippen molar-refractivity contribution in [2.24, 2.45) is 5.73 Å². The van der Waals surface area contributed by atoms with Crippen LogP contribution in [0.2, 0.25) is 0 Å². The Labute approximate surface area is 134 Å². The van der Waals surface area contributed by atoms with Crippen LogP contribution in [0.3, 0.4) is 0 Å². The van der Waals surface area contributed by atoms with Gasteiger partial charge in [0.05, 0.1) is 12.0 Å². The molecule has 1 amide bonds. The van der Waals surface area contributed by atoms with Crippen LogP contribution >= 0.6 is 15.9 Å². The summed E-state index contributed by atoms with van der Waals surface area (Å²) in [5.74, 6) is -5.15. The molecule has 2 N–H and O–H groups in total. The minimum absolute atomic E-state index is 0.197. The molecule has 1 aromatic rings. The van der Waals surface area contributed by atoms with E-state index < -0.39 is 37.1 Å². The third-order valence-electron chi connectivity index (χ3n) is 3.35. The first-order valence-corrected chi connectivity index (χ1v) is 7.22. The van der Waals surface area contributed by atoms with Crippen molar-refractivity contribution in [3.05, 3.63) is 28.2 Å². The predicted molar refractivity (Wildman–Crippen MR) is 76.5 cm³/mol. The number of hydrogen-bond acceptors (Lipinski definition) is 4. The van der Waals surface area contributed by atoms with Crippen molar-refractivity contribution in [1.82, 2.24) is 0 Å². The summed E-state index contributed by atoms with van der Waals surface area (Å²) in [6.07, 6.45) is -1.37. The molecule has 1 heterocycles. The normalized spacial score (nSPS) is 20.6. The molecule has 0 fully saturated rings. The van der Waals surface area contributed by atoms with Crippen molar-refractivity contribution in [3.63, 3.8) is 0 Å². The Kier molecular flexibility index (Phi) is 4.98. The van der Waals surface area contributed by atoms with E-state index >= 15 is 0 Å². The molecular formula is C14H13BrF2N2O3. The van der Waals surface area contributed by atoms with Gasteiger partial charge in [0.2, 0.25) is 0 Å². The van der Waals surface area contributed by atoms with Gasteiger partial charge in [0.1, 0.15) is 19.0 Å². The van der Waals surface area contributed by atoms with Gasteiger partial charge in [-0.1, -0.05) is 15.9 Å². The van der Waals surface area contributed by atoms with Gasteiger partial charge in [-0.2, -0.15) is 5.26 Å². The quantitative estimate of drug-likeness (QED) is 0.801. The molecule has 118 valence electrons. The molecule has 1 unspecified atom stereocenters. The SMILES string of the molecule is N#CCOCC(F)(F)C1C[C@H](C(N)=O)Oc2ccc(Br)cc21. The number of primary amides is 1. The zero-order valence-electron chi connectivity index (χ0n) is 11.4. The lowest BCUT2D eigenvalue weighted by molar-refractivity contribution is -0.130. The van der Waals surface area contributed by atoms with E-state index in [4.69, 9.17) is 15.7 Å². The van der Waals surface area contributed by atoms with Crippen molar-refractivity contribution < 1.29 is 23.0 Å². The molecule has 8 heteroatoms. The number of rotatable bonds is 5. The molecular weight excluding hydrogens is 362 g/mol. The smallest absolute Gasteiger partial charge is 0.278 e. The van der Waals surface area contributed by atoms with Gasteiger partial charge in [0.25, 0.3) is 11.8 Å². The number of nitriles is 1. The van der Waals surface area contributed by atoms with Crippen LogP contribution in [0.4, 0.5) is 8.78 Å². The number of nitrogens with two attached hydrogens (primary N) is 1. The van der Waals surface area contributed by atoms with E-state index in [1.807, 2.05) is 0 Å². The van der Waals surface area contributed by atoms with Gasteiger partial charge in [0.15, 0.2) is 6.10 Å². The van der Waals surface area contributed by atoms with E-state index in [1.165, 1.54) is 12.1 Å². The molecule has 2 rings (SSSR count). The second-order valence-electron chi connectivity index (χ2n) is 4.89. The van der Waals surface area contributed by atoms with Crippen LogP contribution in [0.15, 0.2) is 22.7 Å². The van der Waals surface area contributed by atoms with Crippen LogP contribution in [-0.4, -0.2) is 31.1 Å².